The molecule has 7 nitrogen and oxygen atoms in total. The Balaban J connectivity index is 1.79. The van der Waals surface area contributed by atoms with Crippen molar-refractivity contribution >= 4 is 5.91 Å². The van der Waals surface area contributed by atoms with Crippen molar-refractivity contribution in [1.29, 1.82) is 0 Å². The van der Waals surface area contributed by atoms with Crippen molar-refractivity contribution in [3.63, 3.8) is 0 Å². The van der Waals surface area contributed by atoms with Gasteiger partial charge in [0.1, 0.15) is 0 Å². The van der Waals surface area contributed by atoms with Gasteiger partial charge in [-0.1, -0.05) is 27.7 Å². The van der Waals surface area contributed by atoms with Gasteiger partial charge in [0.05, 0.1) is 36.2 Å². The van der Waals surface area contributed by atoms with E-state index < -0.39 is 11.7 Å². The highest BCUT2D eigenvalue weighted by Gasteiger charge is 2.31. The van der Waals surface area contributed by atoms with Crippen LogP contribution in [-0.2, 0) is 10.9 Å². The molecule has 0 aliphatic carbocycles. The van der Waals surface area contributed by atoms with Crippen molar-refractivity contribution in [3.05, 3.63) is 41.3 Å². The molecular formula is C22H30F3N5O2. The Morgan fingerprint density at radius 3 is 2.38 bits per heavy atom. The number of morpholine rings is 1. The van der Waals surface area contributed by atoms with E-state index in [1.165, 1.54) is 16.9 Å². The molecule has 0 saturated carbocycles. The number of rotatable bonds is 7. The number of alkyl halides is 3. The molecule has 1 fully saturated rings. The number of carbonyl (C=O) groups excluding carboxylic acids is 1. The summed E-state index contributed by atoms with van der Waals surface area (Å²) in [6.07, 6.45) is -2.24. The molecule has 0 spiro atoms. The Morgan fingerprint density at radius 2 is 1.84 bits per heavy atom. The molecule has 3 rings (SSSR count). The second kappa shape index (κ2) is 9.99. The van der Waals surface area contributed by atoms with Gasteiger partial charge in [-0.05, 0) is 24.0 Å². The quantitative estimate of drug-likeness (QED) is 0.695. The third-order valence-electron chi connectivity index (χ3n) is 5.65. The first-order valence-electron chi connectivity index (χ1n) is 10.8. The number of hydrogen-bond donors (Lipinski definition) is 1. The van der Waals surface area contributed by atoms with E-state index >= 15 is 0 Å². The minimum absolute atomic E-state index is 0.0949. The van der Waals surface area contributed by atoms with Crippen LogP contribution in [0.25, 0.3) is 5.82 Å². The number of amides is 1. The first-order chi connectivity index (χ1) is 15.1. The minimum Gasteiger partial charge on any atom is -0.379 e. The molecule has 1 atom stereocenters. The minimum atomic E-state index is -4.46. The Hall–Kier alpha value is -2.46. The Bertz CT molecular complexity index is 903. The largest absolute Gasteiger partial charge is 0.417 e. The fraction of sp³-hybridized carbons (Fsp3) is 0.591. The molecule has 32 heavy (non-hydrogen) atoms. The Morgan fingerprint density at radius 1 is 1.16 bits per heavy atom. The van der Waals surface area contributed by atoms with Crippen molar-refractivity contribution < 1.29 is 22.7 Å². The van der Waals surface area contributed by atoms with E-state index in [1.807, 2.05) is 13.8 Å². The van der Waals surface area contributed by atoms with Crippen LogP contribution in [0.5, 0.6) is 0 Å². The average Bonchev–Trinajstić information content (AvgIpc) is 3.19. The molecule has 1 unspecified atom stereocenters. The number of halogens is 3. The predicted molar refractivity (Wildman–Crippen MR) is 114 cm³/mol. The maximum absolute atomic E-state index is 13.0. The van der Waals surface area contributed by atoms with Gasteiger partial charge in [-0.25, -0.2) is 9.67 Å². The monoisotopic (exact) mass is 453 g/mol. The van der Waals surface area contributed by atoms with E-state index in [4.69, 9.17) is 4.74 Å². The molecule has 1 aliphatic rings. The Kier molecular flexibility index (Phi) is 7.55. The smallest absolute Gasteiger partial charge is 0.379 e. The van der Waals surface area contributed by atoms with Gasteiger partial charge < -0.3 is 10.1 Å². The van der Waals surface area contributed by atoms with Crippen LogP contribution in [0.2, 0.25) is 0 Å². The van der Waals surface area contributed by atoms with Gasteiger partial charge in [0.2, 0.25) is 0 Å². The van der Waals surface area contributed by atoms with E-state index in [0.717, 1.165) is 25.4 Å². The molecule has 2 aromatic heterocycles. The maximum atomic E-state index is 13.0. The number of nitrogens with one attached hydrogen (secondary N) is 1. The van der Waals surface area contributed by atoms with Crippen LogP contribution >= 0.6 is 0 Å². The van der Waals surface area contributed by atoms with Crippen LogP contribution in [0.4, 0.5) is 13.2 Å². The first-order valence-corrected chi connectivity index (χ1v) is 10.8. The van der Waals surface area contributed by atoms with Crippen molar-refractivity contribution in [1.82, 2.24) is 25.0 Å². The van der Waals surface area contributed by atoms with Crippen LogP contribution < -0.4 is 5.32 Å². The summed E-state index contributed by atoms with van der Waals surface area (Å²) in [5.74, 6) is 0.222. The molecule has 1 N–H and O–H groups in total. The third kappa shape index (κ3) is 5.47. The van der Waals surface area contributed by atoms with E-state index in [1.54, 1.807) is 0 Å². The van der Waals surface area contributed by atoms with Crippen molar-refractivity contribution in [2.24, 2.45) is 5.92 Å². The molecule has 1 amide bonds. The lowest BCUT2D eigenvalue weighted by molar-refractivity contribution is -0.137. The van der Waals surface area contributed by atoms with Gasteiger partial charge in [0, 0.05) is 31.9 Å². The van der Waals surface area contributed by atoms with Crippen molar-refractivity contribution in [3.8, 4) is 5.82 Å². The standard InChI is InChI=1S/C22H30F3N5O2/c1-14(2)18(29-7-9-32-10-8-29)13-27-21(31)17-12-28-30(20(17)15(3)4)19-6-5-16(11-26-19)22(23,24)25/h5-6,11-12,14-15,18H,7-10,13H2,1-4H3,(H,27,31). The molecule has 1 aliphatic heterocycles. The molecule has 3 heterocycles. The lowest BCUT2D eigenvalue weighted by Crippen LogP contribution is -2.51. The maximum Gasteiger partial charge on any atom is 0.417 e. The molecule has 10 heteroatoms. The van der Waals surface area contributed by atoms with E-state index in [2.05, 4.69) is 34.1 Å². The van der Waals surface area contributed by atoms with Gasteiger partial charge in [-0.15, -0.1) is 0 Å². The summed E-state index contributed by atoms with van der Waals surface area (Å²) in [5, 5.41) is 7.28. The molecule has 0 radical (unpaired) electrons. The second-order valence-electron chi connectivity index (χ2n) is 8.58. The summed E-state index contributed by atoms with van der Waals surface area (Å²) in [4.78, 5) is 19.3. The Labute approximate surface area is 186 Å². The number of pyridine rings is 1. The van der Waals surface area contributed by atoms with Crippen LogP contribution in [-0.4, -0.2) is 64.5 Å². The number of carbonyl (C=O) groups is 1. The van der Waals surface area contributed by atoms with Crippen LogP contribution in [0.15, 0.2) is 24.5 Å². The lowest BCUT2D eigenvalue weighted by Gasteiger charge is -2.36. The molecule has 2 aromatic rings. The fourth-order valence-electron chi connectivity index (χ4n) is 3.94. The summed E-state index contributed by atoms with van der Waals surface area (Å²) in [5.41, 5.74) is 0.161. The summed E-state index contributed by atoms with van der Waals surface area (Å²) in [7, 11) is 0. The summed E-state index contributed by atoms with van der Waals surface area (Å²) < 4.78 is 45.4. The highest BCUT2D eigenvalue weighted by Crippen LogP contribution is 2.29. The normalized spacial score (nSPS) is 16.5. The summed E-state index contributed by atoms with van der Waals surface area (Å²) in [6.45, 7) is 11.6. The molecular weight excluding hydrogens is 423 g/mol. The first kappa shape index (κ1) is 24.2. The van der Waals surface area contributed by atoms with Gasteiger partial charge >= 0.3 is 6.18 Å². The summed E-state index contributed by atoms with van der Waals surface area (Å²) >= 11 is 0. The van der Waals surface area contributed by atoms with E-state index in [9.17, 15) is 18.0 Å². The number of hydrogen-bond acceptors (Lipinski definition) is 5. The SMILES string of the molecule is CC(C)c1c(C(=O)NCC(C(C)C)N2CCOCC2)cnn1-c1ccc(C(F)(F)F)cn1. The van der Waals surface area contributed by atoms with E-state index in [0.29, 0.717) is 36.9 Å². The lowest BCUT2D eigenvalue weighted by atomic mass is 10.0. The molecule has 1 saturated heterocycles. The van der Waals surface area contributed by atoms with Gasteiger partial charge in [0.25, 0.3) is 5.91 Å². The topological polar surface area (TPSA) is 72.3 Å². The molecule has 0 aromatic carbocycles. The zero-order valence-electron chi connectivity index (χ0n) is 18.8. The second-order valence-corrected chi connectivity index (χ2v) is 8.58. The number of nitrogens with zero attached hydrogens (tertiary/aromatic N) is 4. The van der Waals surface area contributed by atoms with Gasteiger partial charge in [0.15, 0.2) is 5.82 Å². The third-order valence-corrected chi connectivity index (χ3v) is 5.65. The molecule has 0 bridgehead atoms. The van der Waals surface area contributed by atoms with Crippen LogP contribution in [0.1, 0.15) is 55.2 Å². The van der Waals surface area contributed by atoms with Gasteiger partial charge in [-0.3, -0.25) is 9.69 Å². The van der Waals surface area contributed by atoms with E-state index in [-0.39, 0.29) is 23.7 Å². The van der Waals surface area contributed by atoms with Gasteiger partial charge in [-0.2, -0.15) is 18.3 Å². The number of ether oxygens (including phenoxy) is 1. The predicted octanol–water partition coefficient (Wildman–Crippen LogP) is 3.50. The zero-order valence-corrected chi connectivity index (χ0v) is 18.8. The average molecular weight is 454 g/mol. The van der Waals surface area contributed by atoms with Crippen LogP contribution in [0.3, 0.4) is 0 Å². The van der Waals surface area contributed by atoms with Crippen molar-refractivity contribution in [2.75, 3.05) is 32.8 Å². The number of aromatic nitrogens is 3. The zero-order chi connectivity index (χ0) is 23.5. The van der Waals surface area contributed by atoms with Crippen molar-refractivity contribution in [2.45, 2.75) is 45.8 Å². The fourth-order valence-corrected chi connectivity index (χ4v) is 3.94. The highest BCUT2D eigenvalue weighted by atomic mass is 19.4. The molecule has 176 valence electrons. The van der Waals surface area contributed by atoms with Crippen LogP contribution in [0, 0.1) is 5.92 Å². The highest BCUT2D eigenvalue weighted by molar-refractivity contribution is 5.95. The summed E-state index contributed by atoms with van der Waals surface area (Å²) in [6, 6.07) is 2.40.